The van der Waals surface area contributed by atoms with Crippen LogP contribution in [0.25, 0.3) is 0 Å². The molecule has 0 atom stereocenters. The highest BCUT2D eigenvalue weighted by Gasteiger charge is 2.35. The molecule has 0 radical (unpaired) electrons. The average molecular weight is 236 g/mol. The normalized spacial score (nSPS) is 16.3. The molecular formula is C10H9ClF3N. The second kappa shape index (κ2) is 3.68. The Balaban J connectivity index is 2.58. The van der Waals surface area contributed by atoms with Crippen molar-refractivity contribution in [2.75, 3.05) is 6.54 Å². The van der Waals surface area contributed by atoms with Crippen LogP contribution < -0.4 is 5.32 Å². The summed E-state index contributed by atoms with van der Waals surface area (Å²) in [5, 5.41) is 3.42. The first-order valence-corrected chi connectivity index (χ1v) is 4.96. The summed E-state index contributed by atoms with van der Waals surface area (Å²) in [6.07, 6.45) is -3.91. The van der Waals surface area contributed by atoms with Crippen molar-refractivity contribution in [2.45, 2.75) is 19.1 Å². The molecule has 1 aromatic rings. The molecule has 1 N–H and O–H groups in total. The van der Waals surface area contributed by atoms with Crippen LogP contribution in [0.4, 0.5) is 13.2 Å². The Kier molecular flexibility index (Phi) is 2.64. The predicted molar refractivity (Wildman–Crippen MR) is 51.9 cm³/mol. The fraction of sp³-hybridized carbons (Fsp3) is 0.400. The largest absolute Gasteiger partial charge is 0.416 e. The monoisotopic (exact) mass is 235 g/mol. The first-order valence-electron chi connectivity index (χ1n) is 4.58. The SMILES string of the molecule is FC(F)(F)c1ccc(Cl)c2c1CCNC2. The summed E-state index contributed by atoms with van der Waals surface area (Å²) < 4.78 is 37.9. The lowest BCUT2D eigenvalue weighted by Crippen LogP contribution is -2.26. The zero-order valence-corrected chi connectivity index (χ0v) is 8.54. The number of hydrogen-bond donors (Lipinski definition) is 1. The maximum atomic E-state index is 12.6. The molecule has 1 aliphatic heterocycles. The minimum atomic E-state index is -4.29. The Bertz CT molecular complexity index is 387. The summed E-state index contributed by atoms with van der Waals surface area (Å²) in [6, 6.07) is 2.38. The molecule has 0 aliphatic carbocycles. The van der Waals surface area contributed by atoms with Gasteiger partial charge in [0.05, 0.1) is 5.56 Å². The second-order valence-corrected chi connectivity index (χ2v) is 3.88. The Labute approximate surface area is 90.2 Å². The van der Waals surface area contributed by atoms with Crippen LogP contribution in [0.15, 0.2) is 12.1 Å². The van der Waals surface area contributed by atoms with Crippen molar-refractivity contribution in [1.82, 2.24) is 5.32 Å². The average Bonchev–Trinajstić information content (AvgIpc) is 2.17. The molecule has 0 amide bonds. The van der Waals surface area contributed by atoms with Gasteiger partial charge in [-0.2, -0.15) is 13.2 Å². The molecule has 0 unspecified atom stereocenters. The Morgan fingerprint density at radius 3 is 2.60 bits per heavy atom. The molecule has 0 fully saturated rings. The van der Waals surface area contributed by atoms with E-state index in [4.69, 9.17) is 11.6 Å². The van der Waals surface area contributed by atoms with Crippen LogP contribution in [-0.4, -0.2) is 6.54 Å². The van der Waals surface area contributed by atoms with E-state index in [-0.39, 0.29) is 0 Å². The Morgan fingerprint density at radius 2 is 1.93 bits per heavy atom. The number of fused-ring (bicyclic) bond motifs is 1. The van der Waals surface area contributed by atoms with Gasteiger partial charge in [-0.05, 0) is 36.2 Å². The van der Waals surface area contributed by atoms with Gasteiger partial charge in [0.25, 0.3) is 0 Å². The summed E-state index contributed by atoms with van der Waals surface area (Å²) in [5.74, 6) is 0. The molecule has 0 aromatic heterocycles. The summed E-state index contributed by atoms with van der Waals surface area (Å²) in [4.78, 5) is 0. The van der Waals surface area contributed by atoms with Gasteiger partial charge >= 0.3 is 6.18 Å². The van der Waals surface area contributed by atoms with Crippen molar-refractivity contribution < 1.29 is 13.2 Å². The zero-order valence-electron chi connectivity index (χ0n) is 7.79. The summed E-state index contributed by atoms with van der Waals surface area (Å²) in [7, 11) is 0. The van der Waals surface area contributed by atoms with Crippen LogP contribution in [0.2, 0.25) is 5.02 Å². The van der Waals surface area contributed by atoms with Crippen molar-refractivity contribution in [3.05, 3.63) is 33.8 Å². The third-order valence-corrected chi connectivity index (χ3v) is 2.89. The zero-order chi connectivity index (χ0) is 11.1. The van der Waals surface area contributed by atoms with Gasteiger partial charge in [-0.15, -0.1) is 0 Å². The standard InChI is InChI=1S/C10H9ClF3N/c11-9-2-1-8(10(12,13)14)6-3-4-15-5-7(6)9/h1-2,15H,3-5H2. The molecule has 1 nitrogen and oxygen atoms in total. The molecule has 0 bridgehead atoms. The van der Waals surface area contributed by atoms with Crippen LogP contribution in [-0.2, 0) is 19.1 Å². The maximum Gasteiger partial charge on any atom is 0.416 e. The molecule has 2 rings (SSSR count). The first kappa shape index (κ1) is 10.8. The van der Waals surface area contributed by atoms with Gasteiger partial charge in [0, 0.05) is 11.6 Å². The van der Waals surface area contributed by atoms with E-state index in [1.807, 2.05) is 0 Å². The number of rotatable bonds is 0. The fourth-order valence-corrected chi connectivity index (χ4v) is 2.08. The molecule has 1 aliphatic rings. The number of benzene rings is 1. The number of nitrogens with one attached hydrogen (secondary N) is 1. The van der Waals surface area contributed by atoms with Gasteiger partial charge < -0.3 is 5.32 Å². The lowest BCUT2D eigenvalue weighted by atomic mass is 9.95. The van der Waals surface area contributed by atoms with Crippen molar-refractivity contribution in [3.8, 4) is 0 Å². The molecule has 1 aromatic carbocycles. The number of halogens is 4. The van der Waals surface area contributed by atoms with Gasteiger partial charge in [0.15, 0.2) is 0 Å². The Morgan fingerprint density at radius 1 is 1.20 bits per heavy atom. The Hall–Kier alpha value is -0.740. The van der Waals surface area contributed by atoms with Crippen LogP contribution in [0.1, 0.15) is 16.7 Å². The van der Waals surface area contributed by atoms with Crippen LogP contribution in [0, 0.1) is 0 Å². The third-order valence-electron chi connectivity index (χ3n) is 2.53. The van der Waals surface area contributed by atoms with Crippen molar-refractivity contribution in [3.63, 3.8) is 0 Å². The fourth-order valence-electron chi connectivity index (χ4n) is 1.83. The second-order valence-electron chi connectivity index (χ2n) is 3.48. The highest BCUT2D eigenvalue weighted by atomic mass is 35.5. The lowest BCUT2D eigenvalue weighted by Gasteiger charge is -2.22. The van der Waals surface area contributed by atoms with Crippen LogP contribution in [0.5, 0.6) is 0 Å². The molecule has 0 saturated carbocycles. The van der Waals surface area contributed by atoms with Crippen molar-refractivity contribution >= 4 is 11.6 Å². The lowest BCUT2D eigenvalue weighted by molar-refractivity contribution is -0.138. The van der Waals surface area contributed by atoms with Crippen LogP contribution in [0.3, 0.4) is 0 Å². The van der Waals surface area contributed by atoms with Gasteiger partial charge in [-0.25, -0.2) is 0 Å². The van der Waals surface area contributed by atoms with E-state index in [1.54, 1.807) is 0 Å². The highest BCUT2D eigenvalue weighted by molar-refractivity contribution is 6.31. The van der Waals surface area contributed by atoms with E-state index in [0.29, 0.717) is 35.7 Å². The quantitative estimate of drug-likeness (QED) is 0.729. The summed E-state index contributed by atoms with van der Waals surface area (Å²) in [5.41, 5.74) is 0.370. The van der Waals surface area contributed by atoms with E-state index in [2.05, 4.69) is 5.32 Å². The highest BCUT2D eigenvalue weighted by Crippen LogP contribution is 2.36. The van der Waals surface area contributed by atoms with Gasteiger partial charge in [-0.3, -0.25) is 0 Å². The van der Waals surface area contributed by atoms with E-state index in [1.165, 1.54) is 6.07 Å². The summed E-state index contributed by atoms with van der Waals surface area (Å²) in [6.45, 7) is 0.981. The third kappa shape index (κ3) is 1.96. The van der Waals surface area contributed by atoms with E-state index >= 15 is 0 Å². The van der Waals surface area contributed by atoms with Gasteiger partial charge in [-0.1, -0.05) is 11.6 Å². The number of alkyl halides is 3. The van der Waals surface area contributed by atoms with Gasteiger partial charge in [0.2, 0.25) is 0 Å². The van der Waals surface area contributed by atoms with E-state index in [0.717, 1.165) is 6.07 Å². The van der Waals surface area contributed by atoms with E-state index < -0.39 is 11.7 Å². The molecule has 5 heteroatoms. The molecule has 15 heavy (non-hydrogen) atoms. The molecule has 82 valence electrons. The van der Waals surface area contributed by atoms with Crippen LogP contribution >= 0.6 is 11.6 Å². The molecular weight excluding hydrogens is 227 g/mol. The molecule has 1 heterocycles. The minimum absolute atomic E-state index is 0.341. The molecule has 0 spiro atoms. The first-order chi connectivity index (χ1) is 7.00. The molecule has 0 saturated heterocycles. The van der Waals surface area contributed by atoms with Crippen molar-refractivity contribution in [1.29, 1.82) is 0 Å². The smallest absolute Gasteiger partial charge is 0.312 e. The minimum Gasteiger partial charge on any atom is -0.312 e. The van der Waals surface area contributed by atoms with Gasteiger partial charge in [0.1, 0.15) is 0 Å². The number of hydrogen-bond acceptors (Lipinski definition) is 1. The predicted octanol–water partition coefficient (Wildman–Crippen LogP) is 3.00. The van der Waals surface area contributed by atoms with Crippen molar-refractivity contribution in [2.24, 2.45) is 0 Å². The topological polar surface area (TPSA) is 12.0 Å². The maximum absolute atomic E-state index is 12.6. The van der Waals surface area contributed by atoms with E-state index in [9.17, 15) is 13.2 Å². The summed E-state index contributed by atoms with van der Waals surface area (Å²) >= 11 is 5.86.